The zero-order valence-corrected chi connectivity index (χ0v) is 10.9. The summed E-state index contributed by atoms with van der Waals surface area (Å²) in [5, 5.41) is 10.6. The van der Waals surface area contributed by atoms with Crippen LogP contribution < -0.4 is 5.32 Å². The zero-order chi connectivity index (χ0) is 13.1. The summed E-state index contributed by atoms with van der Waals surface area (Å²) in [7, 11) is 0. The van der Waals surface area contributed by atoms with Crippen molar-refractivity contribution in [2.45, 2.75) is 12.3 Å². The summed E-state index contributed by atoms with van der Waals surface area (Å²) >= 11 is 6.82. The van der Waals surface area contributed by atoms with E-state index < -0.39 is 5.38 Å². The van der Waals surface area contributed by atoms with Gasteiger partial charge in [0.15, 0.2) is 0 Å². The fourth-order valence-corrected chi connectivity index (χ4v) is 1.99. The van der Waals surface area contributed by atoms with Crippen molar-refractivity contribution < 1.29 is 9.18 Å². The third kappa shape index (κ3) is 3.02. The van der Waals surface area contributed by atoms with E-state index >= 15 is 0 Å². The lowest BCUT2D eigenvalue weighted by Gasteiger charge is -2.00. The molecule has 0 aliphatic carbocycles. The van der Waals surface area contributed by atoms with Gasteiger partial charge in [-0.1, -0.05) is 11.3 Å². The Morgan fingerprint density at radius 2 is 2.06 bits per heavy atom. The number of alkyl halides is 1. The van der Waals surface area contributed by atoms with E-state index in [0.29, 0.717) is 10.1 Å². The lowest BCUT2D eigenvalue weighted by Crippen LogP contribution is -2.20. The number of aromatic nitrogens is 2. The van der Waals surface area contributed by atoms with Crippen molar-refractivity contribution in [1.82, 2.24) is 10.2 Å². The Morgan fingerprint density at radius 3 is 2.67 bits per heavy atom. The highest BCUT2D eigenvalue weighted by atomic mass is 35.5. The van der Waals surface area contributed by atoms with Crippen molar-refractivity contribution in [2.24, 2.45) is 0 Å². The molecule has 1 aromatic heterocycles. The predicted molar refractivity (Wildman–Crippen MR) is 69.2 cm³/mol. The van der Waals surface area contributed by atoms with Gasteiger partial charge in [-0.3, -0.25) is 10.1 Å². The molecule has 0 fully saturated rings. The number of hydrogen-bond acceptors (Lipinski definition) is 4. The molecule has 1 amide bonds. The Labute approximate surface area is 112 Å². The molecule has 0 radical (unpaired) electrons. The molecule has 2 aromatic rings. The fraction of sp³-hybridized carbons (Fsp3) is 0.182. The second-order valence-electron chi connectivity index (χ2n) is 3.52. The molecule has 1 N–H and O–H groups in total. The first-order valence-electron chi connectivity index (χ1n) is 5.10. The van der Waals surface area contributed by atoms with Gasteiger partial charge in [-0.25, -0.2) is 4.39 Å². The highest BCUT2D eigenvalue weighted by molar-refractivity contribution is 7.18. The van der Waals surface area contributed by atoms with E-state index in [1.807, 2.05) is 0 Å². The van der Waals surface area contributed by atoms with Crippen LogP contribution in [0.1, 0.15) is 6.92 Å². The third-order valence-corrected chi connectivity index (χ3v) is 3.19. The second-order valence-corrected chi connectivity index (χ2v) is 5.16. The summed E-state index contributed by atoms with van der Waals surface area (Å²) in [5.41, 5.74) is 0.744. The molecule has 0 saturated carbocycles. The normalized spacial score (nSPS) is 12.2. The number of amides is 1. The van der Waals surface area contributed by atoms with Crippen LogP contribution in [0.2, 0.25) is 0 Å². The van der Waals surface area contributed by atoms with Gasteiger partial charge in [-0.15, -0.1) is 21.8 Å². The number of carbonyl (C=O) groups excluding carboxylic acids is 1. The van der Waals surface area contributed by atoms with Gasteiger partial charge >= 0.3 is 0 Å². The molecule has 94 valence electrons. The molecule has 7 heteroatoms. The lowest BCUT2D eigenvalue weighted by atomic mass is 10.2. The fourth-order valence-electron chi connectivity index (χ4n) is 1.19. The Balaban J connectivity index is 2.15. The molecule has 0 bridgehead atoms. The number of halogens is 2. The zero-order valence-electron chi connectivity index (χ0n) is 9.35. The molecule has 18 heavy (non-hydrogen) atoms. The van der Waals surface area contributed by atoms with E-state index in [9.17, 15) is 9.18 Å². The molecule has 0 aliphatic rings. The van der Waals surface area contributed by atoms with Gasteiger partial charge in [0.2, 0.25) is 11.0 Å². The van der Waals surface area contributed by atoms with Crippen molar-refractivity contribution in [3.63, 3.8) is 0 Å². The minimum Gasteiger partial charge on any atom is -0.299 e. The first-order valence-corrected chi connectivity index (χ1v) is 6.36. The number of nitrogens with one attached hydrogen (secondary N) is 1. The maximum absolute atomic E-state index is 12.8. The van der Waals surface area contributed by atoms with Gasteiger partial charge in [-0.05, 0) is 31.2 Å². The van der Waals surface area contributed by atoms with Crippen molar-refractivity contribution in [1.29, 1.82) is 0 Å². The van der Waals surface area contributed by atoms with Crippen LogP contribution in [0.3, 0.4) is 0 Å². The monoisotopic (exact) mass is 285 g/mol. The van der Waals surface area contributed by atoms with Gasteiger partial charge in [0, 0.05) is 5.56 Å². The summed E-state index contributed by atoms with van der Waals surface area (Å²) in [5.74, 6) is -0.647. The van der Waals surface area contributed by atoms with Crippen LogP contribution in [0, 0.1) is 5.82 Å². The van der Waals surface area contributed by atoms with Crippen LogP contribution in [0.4, 0.5) is 9.52 Å². The van der Waals surface area contributed by atoms with Gasteiger partial charge in [-0.2, -0.15) is 0 Å². The minimum atomic E-state index is -0.636. The summed E-state index contributed by atoms with van der Waals surface area (Å²) in [6.07, 6.45) is 0. The minimum absolute atomic E-state index is 0.312. The van der Waals surface area contributed by atoms with Crippen molar-refractivity contribution in [3.8, 4) is 10.6 Å². The molecule has 1 aromatic carbocycles. The SMILES string of the molecule is C[C@H](Cl)C(=O)Nc1nnc(-c2ccc(F)cc2)s1. The maximum atomic E-state index is 12.8. The number of nitrogens with zero attached hydrogens (tertiary/aromatic N) is 2. The number of hydrogen-bond donors (Lipinski definition) is 1. The predicted octanol–water partition coefficient (Wildman–Crippen LogP) is 2.91. The lowest BCUT2D eigenvalue weighted by molar-refractivity contribution is -0.115. The van der Waals surface area contributed by atoms with E-state index in [4.69, 9.17) is 11.6 Å². The van der Waals surface area contributed by atoms with Crippen LogP contribution in [0.5, 0.6) is 0 Å². The average molecular weight is 286 g/mol. The molecule has 0 saturated heterocycles. The average Bonchev–Trinajstić information content (AvgIpc) is 2.78. The number of rotatable bonds is 3. The molecule has 4 nitrogen and oxygen atoms in total. The van der Waals surface area contributed by atoms with Crippen LogP contribution in [-0.2, 0) is 4.79 Å². The van der Waals surface area contributed by atoms with Gasteiger partial charge in [0.25, 0.3) is 0 Å². The van der Waals surface area contributed by atoms with E-state index in [-0.39, 0.29) is 11.7 Å². The maximum Gasteiger partial charge on any atom is 0.243 e. The number of carbonyl (C=O) groups is 1. The van der Waals surface area contributed by atoms with E-state index in [0.717, 1.165) is 5.56 Å². The molecule has 1 atom stereocenters. The van der Waals surface area contributed by atoms with Crippen molar-refractivity contribution >= 4 is 34.0 Å². The summed E-state index contributed by atoms with van der Waals surface area (Å²) in [6.45, 7) is 1.57. The summed E-state index contributed by atoms with van der Waals surface area (Å²) in [4.78, 5) is 11.3. The summed E-state index contributed by atoms with van der Waals surface area (Å²) in [6, 6.07) is 5.89. The third-order valence-electron chi connectivity index (χ3n) is 2.11. The highest BCUT2D eigenvalue weighted by Crippen LogP contribution is 2.26. The van der Waals surface area contributed by atoms with E-state index in [2.05, 4.69) is 15.5 Å². The Kier molecular flexibility index (Phi) is 3.88. The number of benzene rings is 1. The van der Waals surface area contributed by atoms with Crippen LogP contribution >= 0.6 is 22.9 Å². The first kappa shape index (κ1) is 12.9. The molecule has 2 rings (SSSR count). The Hall–Kier alpha value is -1.53. The van der Waals surface area contributed by atoms with Crippen molar-refractivity contribution in [3.05, 3.63) is 30.1 Å². The Bertz CT molecular complexity index is 556. The molecular formula is C11H9ClFN3OS. The van der Waals surface area contributed by atoms with E-state index in [1.54, 1.807) is 19.1 Å². The number of anilines is 1. The molecule has 1 heterocycles. The molecule has 0 aliphatic heterocycles. The van der Waals surface area contributed by atoms with Gasteiger partial charge in [0.05, 0.1) is 0 Å². The van der Waals surface area contributed by atoms with Crippen molar-refractivity contribution in [2.75, 3.05) is 5.32 Å². The quantitative estimate of drug-likeness (QED) is 0.882. The highest BCUT2D eigenvalue weighted by Gasteiger charge is 2.13. The van der Waals surface area contributed by atoms with Crippen LogP contribution in [-0.4, -0.2) is 21.5 Å². The standard InChI is InChI=1S/C11H9ClFN3OS/c1-6(12)9(17)14-11-16-15-10(18-11)7-2-4-8(13)5-3-7/h2-6H,1H3,(H,14,16,17)/t6-/m0/s1. The molecule has 0 spiro atoms. The molecular weight excluding hydrogens is 277 g/mol. The molecule has 0 unspecified atom stereocenters. The van der Waals surface area contributed by atoms with Crippen LogP contribution in [0.15, 0.2) is 24.3 Å². The van der Waals surface area contributed by atoms with E-state index in [1.165, 1.54) is 23.5 Å². The van der Waals surface area contributed by atoms with Gasteiger partial charge < -0.3 is 0 Å². The topological polar surface area (TPSA) is 54.9 Å². The second kappa shape index (κ2) is 5.41. The Morgan fingerprint density at radius 1 is 1.39 bits per heavy atom. The van der Waals surface area contributed by atoms with Crippen LogP contribution in [0.25, 0.3) is 10.6 Å². The smallest absolute Gasteiger partial charge is 0.243 e. The largest absolute Gasteiger partial charge is 0.299 e. The first-order chi connectivity index (χ1) is 8.56. The van der Waals surface area contributed by atoms with Gasteiger partial charge in [0.1, 0.15) is 16.2 Å². The summed E-state index contributed by atoms with van der Waals surface area (Å²) < 4.78 is 12.8.